The van der Waals surface area contributed by atoms with Gasteiger partial charge in [0.25, 0.3) is 0 Å². The predicted molar refractivity (Wildman–Crippen MR) is 103 cm³/mol. The number of benzene rings is 1. The molecule has 0 bridgehead atoms. The van der Waals surface area contributed by atoms with Crippen molar-refractivity contribution in [3.8, 4) is 0 Å². The van der Waals surface area contributed by atoms with Gasteiger partial charge in [-0.3, -0.25) is 9.58 Å². The molecular weight excluding hydrogens is 369 g/mol. The smallest absolute Gasteiger partial charge is 0.246 e. The van der Waals surface area contributed by atoms with Crippen LogP contribution in [0.25, 0.3) is 0 Å². The summed E-state index contributed by atoms with van der Waals surface area (Å²) in [4.78, 5) is 4.75. The van der Waals surface area contributed by atoms with Crippen LogP contribution in [0.1, 0.15) is 11.4 Å². The fraction of sp³-hybridized carbons (Fsp3) is 0.500. The summed E-state index contributed by atoms with van der Waals surface area (Å²) < 4.78 is 41.1. The SMILES string of the molecule is Cc1nn(CN2CCN(c3ccc(F)cc3)CC2)c(C)c1S(=O)(=O)N(C)C. The normalized spacial score (nSPS) is 16.3. The second-order valence-electron chi connectivity index (χ2n) is 7.01. The van der Waals surface area contributed by atoms with Gasteiger partial charge in [-0.05, 0) is 38.1 Å². The number of hydrogen-bond acceptors (Lipinski definition) is 5. The lowest BCUT2D eigenvalue weighted by Gasteiger charge is -2.36. The third-order valence-electron chi connectivity index (χ3n) is 4.95. The number of rotatable bonds is 5. The molecule has 27 heavy (non-hydrogen) atoms. The largest absolute Gasteiger partial charge is 0.369 e. The quantitative estimate of drug-likeness (QED) is 0.771. The van der Waals surface area contributed by atoms with Gasteiger partial charge in [-0.25, -0.2) is 17.1 Å². The first-order valence-corrected chi connectivity index (χ1v) is 10.3. The monoisotopic (exact) mass is 395 g/mol. The minimum absolute atomic E-state index is 0.231. The van der Waals surface area contributed by atoms with Gasteiger partial charge < -0.3 is 4.90 Å². The molecule has 0 spiro atoms. The van der Waals surface area contributed by atoms with Gasteiger partial charge in [-0.1, -0.05) is 0 Å². The Hall–Kier alpha value is -1.97. The van der Waals surface area contributed by atoms with Crippen LogP contribution in [0.2, 0.25) is 0 Å². The van der Waals surface area contributed by atoms with Crippen molar-refractivity contribution in [2.24, 2.45) is 0 Å². The molecule has 7 nitrogen and oxygen atoms in total. The van der Waals surface area contributed by atoms with E-state index in [2.05, 4.69) is 14.9 Å². The molecule has 0 saturated carbocycles. The molecule has 0 N–H and O–H groups in total. The lowest BCUT2D eigenvalue weighted by Crippen LogP contribution is -2.47. The Balaban J connectivity index is 1.68. The molecule has 1 aliphatic heterocycles. The molecule has 0 radical (unpaired) electrons. The van der Waals surface area contributed by atoms with E-state index in [4.69, 9.17) is 0 Å². The number of anilines is 1. The number of aryl methyl sites for hydroxylation is 1. The van der Waals surface area contributed by atoms with Crippen molar-refractivity contribution in [3.63, 3.8) is 0 Å². The lowest BCUT2D eigenvalue weighted by molar-refractivity contribution is 0.193. The van der Waals surface area contributed by atoms with Crippen molar-refractivity contribution >= 4 is 15.7 Å². The van der Waals surface area contributed by atoms with Gasteiger partial charge in [0.05, 0.1) is 18.1 Å². The van der Waals surface area contributed by atoms with Crippen molar-refractivity contribution in [3.05, 3.63) is 41.5 Å². The van der Waals surface area contributed by atoms with Crippen LogP contribution < -0.4 is 4.90 Å². The zero-order valence-electron chi connectivity index (χ0n) is 16.2. The molecule has 1 aromatic carbocycles. The fourth-order valence-corrected chi connectivity index (χ4v) is 4.62. The second-order valence-corrected chi connectivity index (χ2v) is 9.10. The number of aromatic nitrogens is 2. The maximum Gasteiger partial charge on any atom is 0.246 e. The van der Waals surface area contributed by atoms with Gasteiger partial charge in [0.2, 0.25) is 10.0 Å². The molecule has 0 amide bonds. The number of hydrogen-bond donors (Lipinski definition) is 0. The molecule has 0 aliphatic carbocycles. The summed E-state index contributed by atoms with van der Waals surface area (Å²) in [7, 11) is -0.458. The van der Waals surface area contributed by atoms with E-state index in [0.717, 1.165) is 31.9 Å². The van der Waals surface area contributed by atoms with Crippen LogP contribution in [0.3, 0.4) is 0 Å². The van der Waals surface area contributed by atoms with Crippen LogP contribution in [0.4, 0.5) is 10.1 Å². The van der Waals surface area contributed by atoms with E-state index in [1.165, 1.54) is 30.5 Å². The highest BCUT2D eigenvalue weighted by Gasteiger charge is 2.27. The van der Waals surface area contributed by atoms with Gasteiger partial charge >= 0.3 is 0 Å². The zero-order chi connectivity index (χ0) is 19.8. The molecule has 0 atom stereocenters. The molecule has 1 saturated heterocycles. The molecule has 0 unspecified atom stereocenters. The van der Waals surface area contributed by atoms with E-state index >= 15 is 0 Å². The maximum absolute atomic E-state index is 13.1. The second kappa shape index (κ2) is 7.57. The van der Waals surface area contributed by atoms with Gasteiger partial charge in [0.1, 0.15) is 10.7 Å². The maximum atomic E-state index is 13.1. The zero-order valence-corrected chi connectivity index (χ0v) is 17.0. The third-order valence-corrected chi connectivity index (χ3v) is 7.02. The molecule has 1 fully saturated rings. The highest BCUT2D eigenvalue weighted by Crippen LogP contribution is 2.23. The van der Waals surface area contributed by atoms with Crippen molar-refractivity contribution < 1.29 is 12.8 Å². The Bertz CT molecular complexity index is 901. The van der Waals surface area contributed by atoms with Crippen LogP contribution in [0, 0.1) is 19.7 Å². The van der Waals surface area contributed by atoms with Crippen molar-refractivity contribution in [1.82, 2.24) is 19.0 Å². The number of piperazine rings is 1. The van der Waals surface area contributed by atoms with Crippen LogP contribution >= 0.6 is 0 Å². The first-order valence-electron chi connectivity index (χ1n) is 8.89. The average Bonchev–Trinajstić information content (AvgIpc) is 2.90. The van der Waals surface area contributed by atoms with Crippen LogP contribution in [-0.2, 0) is 16.7 Å². The molecule has 1 aliphatic rings. The topological polar surface area (TPSA) is 61.7 Å². The van der Waals surface area contributed by atoms with E-state index in [1.807, 2.05) is 0 Å². The molecule has 3 rings (SSSR count). The molecule has 9 heteroatoms. The third kappa shape index (κ3) is 3.99. The summed E-state index contributed by atoms with van der Waals surface area (Å²) in [5, 5.41) is 4.45. The Morgan fingerprint density at radius 3 is 2.22 bits per heavy atom. The van der Waals surface area contributed by atoms with E-state index in [9.17, 15) is 12.8 Å². The summed E-state index contributed by atoms with van der Waals surface area (Å²) >= 11 is 0. The van der Waals surface area contributed by atoms with Crippen molar-refractivity contribution in [2.75, 3.05) is 45.2 Å². The van der Waals surface area contributed by atoms with Crippen LogP contribution in [0.5, 0.6) is 0 Å². The Kier molecular flexibility index (Phi) is 5.55. The standard InChI is InChI=1S/C18H26FN5O2S/c1-14-18(27(25,26)21(3)4)15(2)24(20-14)13-22-9-11-23(12-10-22)17-7-5-16(19)6-8-17/h5-8H,9-13H2,1-4H3. The van der Waals surface area contributed by atoms with Crippen LogP contribution in [-0.4, -0.2) is 67.7 Å². The summed E-state index contributed by atoms with van der Waals surface area (Å²) in [5.74, 6) is -0.231. The minimum Gasteiger partial charge on any atom is -0.369 e. The Morgan fingerprint density at radius 1 is 1.07 bits per heavy atom. The van der Waals surface area contributed by atoms with Crippen molar-refractivity contribution in [1.29, 1.82) is 0 Å². The summed E-state index contributed by atoms with van der Waals surface area (Å²) in [6.45, 7) is 7.38. The molecule has 2 heterocycles. The first-order chi connectivity index (χ1) is 12.7. The van der Waals surface area contributed by atoms with Gasteiger partial charge in [0, 0.05) is 46.0 Å². The summed E-state index contributed by atoms with van der Waals surface area (Å²) in [6.07, 6.45) is 0. The number of nitrogens with zero attached hydrogens (tertiary/aromatic N) is 5. The fourth-order valence-electron chi connectivity index (χ4n) is 3.36. The van der Waals surface area contributed by atoms with E-state index in [-0.39, 0.29) is 10.7 Å². The average molecular weight is 396 g/mol. The molecule has 2 aromatic rings. The Labute approximate surface area is 160 Å². The molecular formula is C18H26FN5O2S. The van der Waals surface area contributed by atoms with E-state index < -0.39 is 10.0 Å². The minimum atomic E-state index is -3.51. The number of sulfonamides is 1. The van der Waals surface area contributed by atoms with Crippen LogP contribution in [0.15, 0.2) is 29.2 Å². The van der Waals surface area contributed by atoms with E-state index in [1.54, 1.807) is 30.7 Å². The summed E-state index contributed by atoms with van der Waals surface area (Å²) in [6, 6.07) is 6.55. The highest BCUT2D eigenvalue weighted by molar-refractivity contribution is 7.89. The number of halogens is 1. The predicted octanol–water partition coefficient (Wildman–Crippen LogP) is 1.67. The van der Waals surface area contributed by atoms with Gasteiger partial charge in [-0.15, -0.1) is 0 Å². The lowest BCUT2D eigenvalue weighted by atomic mass is 10.2. The first kappa shape index (κ1) is 19.8. The Morgan fingerprint density at radius 2 is 1.67 bits per heavy atom. The molecule has 148 valence electrons. The van der Waals surface area contributed by atoms with Gasteiger partial charge in [-0.2, -0.15) is 5.10 Å². The highest BCUT2D eigenvalue weighted by atomic mass is 32.2. The van der Waals surface area contributed by atoms with E-state index in [0.29, 0.717) is 18.1 Å². The summed E-state index contributed by atoms with van der Waals surface area (Å²) in [5.41, 5.74) is 2.19. The van der Waals surface area contributed by atoms with Gasteiger partial charge in [0.15, 0.2) is 0 Å². The van der Waals surface area contributed by atoms with Crippen molar-refractivity contribution in [2.45, 2.75) is 25.4 Å². The molecule has 1 aromatic heterocycles.